The van der Waals surface area contributed by atoms with E-state index in [9.17, 15) is 9.59 Å². The maximum atomic E-state index is 12.3. The number of rotatable bonds is 6. The molecule has 0 aromatic heterocycles. The van der Waals surface area contributed by atoms with Gasteiger partial charge in [-0.1, -0.05) is 18.2 Å². The van der Waals surface area contributed by atoms with Crippen LogP contribution in [0.25, 0.3) is 0 Å². The zero-order chi connectivity index (χ0) is 17.5. The summed E-state index contributed by atoms with van der Waals surface area (Å²) in [6.07, 6.45) is 1.25. The van der Waals surface area contributed by atoms with Gasteiger partial charge in [-0.25, -0.2) is 0 Å². The third-order valence-electron chi connectivity index (χ3n) is 4.43. The number of carbonyl (C=O) groups is 2. The van der Waals surface area contributed by atoms with Gasteiger partial charge in [0.15, 0.2) is 0 Å². The molecule has 0 saturated carbocycles. The van der Waals surface area contributed by atoms with Gasteiger partial charge in [-0.05, 0) is 37.9 Å². The van der Waals surface area contributed by atoms with Gasteiger partial charge in [-0.3, -0.25) is 14.5 Å². The van der Waals surface area contributed by atoms with Crippen LogP contribution in [0.1, 0.15) is 24.0 Å². The lowest BCUT2D eigenvalue weighted by Gasteiger charge is -2.34. The molecule has 0 radical (unpaired) electrons. The molecule has 1 aromatic rings. The fourth-order valence-electron chi connectivity index (χ4n) is 2.96. The molecule has 2 rings (SSSR count). The van der Waals surface area contributed by atoms with E-state index >= 15 is 0 Å². The van der Waals surface area contributed by atoms with Gasteiger partial charge in [-0.2, -0.15) is 0 Å². The van der Waals surface area contributed by atoms with Crippen molar-refractivity contribution in [1.82, 2.24) is 9.80 Å². The third-order valence-corrected chi connectivity index (χ3v) is 4.43. The molecule has 24 heavy (non-hydrogen) atoms. The van der Waals surface area contributed by atoms with Crippen molar-refractivity contribution in [3.8, 4) is 0 Å². The zero-order valence-corrected chi connectivity index (χ0v) is 14.7. The Morgan fingerprint density at radius 1 is 1.12 bits per heavy atom. The number of piperazine rings is 1. The molecule has 0 atom stereocenters. The van der Waals surface area contributed by atoms with Crippen LogP contribution in [0, 0.1) is 13.8 Å². The topological polar surface area (TPSA) is 78.7 Å². The Balaban J connectivity index is 1.79. The molecule has 1 aromatic carbocycles. The Morgan fingerprint density at radius 3 is 2.33 bits per heavy atom. The summed E-state index contributed by atoms with van der Waals surface area (Å²) >= 11 is 0. The first-order valence-electron chi connectivity index (χ1n) is 8.57. The van der Waals surface area contributed by atoms with Crippen LogP contribution in [0.2, 0.25) is 0 Å². The van der Waals surface area contributed by atoms with Crippen molar-refractivity contribution < 1.29 is 9.59 Å². The molecule has 0 unspecified atom stereocenters. The van der Waals surface area contributed by atoms with E-state index in [-0.39, 0.29) is 11.8 Å². The van der Waals surface area contributed by atoms with Gasteiger partial charge in [-0.15, -0.1) is 0 Å². The highest BCUT2D eigenvalue weighted by atomic mass is 16.2. The maximum Gasteiger partial charge on any atom is 0.238 e. The lowest BCUT2D eigenvalue weighted by atomic mass is 10.1. The van der Waals surface area contributed by atoms with Crippen molar-refractivity contribution in [2.45, 2.75) is 26.7 Å². The highest BCUT2D eigenvalue weighted by Gasteiger charge is 2.22. The van der Waals surface area contributed by atoms with E-state index in [1.807, 2.05) is 36.9 Å². The van der Waals surface area contributed by atoms with Crippen molar-refractivity contribution >= 4 is 17.5 Å². The molecule has 2 amide bonds. The van der Waals surface area contributed by atoms with E-state index in [4.69, 9.17) is 5.73 Å². The molecule has 0 bridgehead atoms. The predicted molar refractivity (Wildman–Crippen MR) is 95.9 cm³/mol. The van der Waals surface area contributed by atoms with Gasteiger partial charge in [0.1, 0.15) is 0 Å². The van der Waals surface area contributed by atoms with Crippen LogP contribution in [0.15, 0.2) is 18.2 Å². The highest BCUT2D eigenvalue weighted by molar-refractivity contribution is 5.93. The van der Waals surface area contributed by atoms with Crippen molar-refractivity contribution in [3.63, 3.8) is 0 Å². The Morgan fingerprint density at radius 2 is 1.75 bits per heavy atom. The lowest BCUT2D eigenvalue weighted by Crippen LogP contribution is -2.50. The first-order valence-corrected chi connectivity index (χ1v) is 8.57. The van der Waals surface area contributed by atoms with Crippen molar-refractivity contribution in [1.29, 1.82) is 0 Å². The molecule has 1 fully saturated rings. The van der Waals surface area contributed by atoms with E-state index in [0.29, 0.717) is 32.6 Å². The molecule has 0 aliphatic carbocycles. The molecule has 3 N–H and O–H groups in total. The number of hydrogen-bond donors (Lipinski definition) is 2. The molecule has 1 heterocycles. The number of anilines is 1. The zero-order valence-electron chi connectivity index (χ0n) is 14.7. The van der Waals surface area contributed by atoms with Crippen molar-refractivity contribution in [2.24, 2.45) is 5.73 Å². The second-order valence-corrected chi connectivity index (χ2v) is 6.36. The summed E-state index contributed by atoms with van der Waals surface area (Å²) in [5.74, 6) is 0.162. The highest BCUT2D eigenvalue weighted by Crippen LogP contribution is 2.19. The number of para-hydroxylation sites is 1. The number of nitrogens with one attached hydrogen (secondary N) is 1. The first-order chi connectivity index (χ1) is 11.5. The lowest BCUT2D eigenvalue weighted by molar-refractivity contribution is -0.133. The average Bonchev–Trinajstić information content (AvgIpc) is 2.57. The minimum Gasteiger partial charge on any atom is -0.340 e. The monoisotopic (exact) mass is 332 g/mol. The molecule has 1 aliphatic rings. The molecule has 6 nitrogen and oxygen atoms in total. The molecular formula is C18H28N4O2. The number of hydrogen-bond acceptors (Lipinski definition) is 4. The van der Waals surface area contributed by atoms with Crippen LogP contribution in [0.4, 0.5) is 5.69 Å². The van der Waals surface area contributed by atoms with E-state index in [1.54, 1.807) is 0 Å². The SMILES string of the molecule is Cc1cccc(C)c1NC(=O)CN1CCN(C(=O)CCCN)CC1. The van der Waals surface area contributed by atoms with Crippen molar-refractivity contribution in [3.05, 3.63) is 29.3 Å². The van der Waals surface area contributed by atoms with Crippen LogP contribution in [0.3, 0.4) is 0 Å². The van der Waals surface area contributed by atoms with E-state index in [2.05, 4.69) is 10.2 Å². The molecule has 132 valence electrons. The van der Waals surface area contributed by atoms with Gasteiger partial charge < -0.3 is 16.0 Å². The van der Waals surface area contributed by atoms with Gasteiger partial charge in [0.2, 0.25) is 11.8 Å². The summed E-state index contributed by atoms with van der Waals surface area (Å²) in [5.41, 5.74) is 8.48. The van der Waals surface area contributed by atoms with Crippen LogP contribution in [0.5, 0.6) is 0 Å². The maximum absolute atomic E-state index is 12.3. The third kappa shape index (κ3) is 5.04. The van der Waals surface area contributed by atoms with E-state index < -0.39 is 0 Å². The first kappa shape index (κ1) is 18.4. The molecule has 6 heteroatoms. The second kappa shape index (κ2) is 8.80. The Hall–Kier alpha value is -1.92. The standard InChI is InChI=1S/C18H28N4O2/c1-14-5-3-6-15(2)18(14)20-16(23)13-21-9-11-22(12-10-21)17(24)7-4-8-19/h3,5-6H,4,7-13,19H2,1-2H3,(H,20,23). The normalized spacial score (nSPS) is 15.4. The number of aryl methyl sites for hydroxylation is 2. The average molecular weight is 332 g/mol. The summed E-state index contributed by atoms with van der Waals surface area (Å²) in [5, 5.41) is 3.01. The minimum atomic E-state index is -0.00434. The summed E-state index contributed by atoms with van der Waals surface area (Å²) in [6, 6.07) is 5.98. The summed E-state index contributed by atoms with van der Waals surface area (Å²) in [4.78, 5) is 28.2. The number of nitrogens with two attached hydrogens (primary N) is 1. The Labute approximate surface area is 144 Å². The summed E-state index contributed by atoms with van der Waals surface area (Å²) in [6.45, 7) is 7.72. The van der Waals surface area contributed by atoms with Crippen LogP contribution in [-0.2, 0) is 9.59 Å². The van der Waals surface area contributed by atoms with Gasteiger partial charge >= 0.3 is 0 Å². The summed E-state index contributed by atoms with van der Waals surface area (Å²) < 4.78 is 0. The fraction of sp³-hybridized carbons (Fsp3) is 0.556. The van der Waals surface area contributed by atoms with Crippen LogP contribution in [-0.4, -0.2) is 60.9 Å². The number of amides is 2. The summed E-state index contributed by atoms with van der Waals surface area (Å²) in [7, 11) is 0. The largest absolute Gasteiger partial charge is 0.340 e. The predicted octanol–water partition coefficient (Wildman–Crippen LogP) is 1.13. The van der Waals surface area contributed by atoms with Crippen LogP contribution >= 0.6 is 0 Å². The van der Waals surface area contributed by atoms with Crippen LogP contribution < -0.4 is 11.1 Å². The van der Waals surface area contributed by atoms with Gasteiger partial charge in [0.25, 0.3) is 0 Å². The molecule has 1 aliphatic heterocycles. The van der Waals surface area contributed by atoms with Crippen molar-refractivity contribution in [2.75, 3.05) is 44.6 Å². The Bertz CT molecular complexity index is 560. The molecular weight excluding hydrogens is 304 g/mol. The fourth-order valence-corrected chi connectivity index (χ4v) is 2.96. The number of nitrogens with zero attached hydrogens (tertiary/aromatic N) is 2. The molecule has 1 saturated heterocycles. The van der Waals surface area contributed by atoms with Gasteiger partial charge in [0.05, 0.1) is 6.54 Å². The second-order valence-electron chi connectivity index (χ2n) is 6.36. The van der Waals surface area contributed by atoms with Gasteiger partial charge in [0, 0.05) is 38.3 Å². The quantitative estimate of drug-likeness (QED) is 0.818. The number of carbonyl (C=O) groups excluding carboxylic acids is 2. The Kier molecular flexibility index (Phi) is 6.75. The van der Waals surface area contributed by atoms with E-state index in [1.165, 1.54) is 0 Å². The molecule has 0 spiro atoms. The minimum absolute atomic E-state index is 0.00434. The smallest absolute Gasteiger partial charge is 0.238 e. The van der Waals surface area contributed by atoms with E-state index in [0.717, 1.165) is 36.3 Å². The number of benzene rings is 1.